The SMILES string of the molecule is COCc1cc(C(=O)c2cc(F)ccc2C)ccc1C(=O)NC1C2CC3CC1CC(O)(C3)C2. The van der Waals surface area contributed by atoms with Crippen LogP contribution in [0.5, 0.6) is 0 Å². The van der Waals surface area contributed by atoms with Crippen molar-refractivity contribution in [3.8, 4) is 0 Å². The number of benzene rings is 2. The van der Waals surface area contributed by atoms with Crippen LogP contribution in [-0.4, -0.2) is 35.5 Å². The molecule has 2 atom stereocenters. The zero-order valence-corrected chi connectivity index (χ0v) is 19.1. The molecule has 0 radical (unpaired) electrons. The topological polar surface area (TPSA) is 75.6 Å². The third kappa shape index (κ3) is 4.11. The van der Waals surface area contributed by atoms with E-state index in [1.165, 1.54) is 12.1 Å². The zero-order chi connectivity index (χ0) is 23.3. The van der Waals surface area contributed by atoms with Crippen molar-refractivity contribution in [3.05, 3.63) is 70.0 Å². The van der Waals surface area contributed by atoms with E-state index in [1.807, 2.05) is 0 Å². The molecule has 6 rings (SSSR count). The van der Waals surface area contributed by atoms with Crippen LogP contribution < -0.4 is 5.32 Å². The first-order valence-electron chi connectivity index (χ1n) is 11.7. The number of methoxy groups -OCH3 is 1. The van der Waals surface area contributed by atoms with E-state index in [2.05, 4.69) is 5.32 Å². The minimum atomic E-state index is -0.546. The molecule has 2 aromatic carbocycles. The average molecular weight is 452 g/mol. The quantitative estimate of drug-likeness (QED) is 0.646. The summed E-state index contributed by atoms with van der Waals surface area (Å²) in [7, 11) is 1.55. The largest absolute Gasteiger partial charge is 0.390 e. The highest BCUT2D eigenvalue weighted by Crippen LogP contribution is 2.55. The summed E-state index contributed by atoms with van der Waals surface area (Å²) in [6.07, 6.45) is 4.55. The van der Waals surface area contributed by atoms with Crippen molar-refractivity contribution >= 4 is 11.7 Å². The molecule has 2 aromatic rings. The molecule has 4 bridgehead atoms. The van der Waals surface area contributed by atoms with Gasteiger partial charge in [-0.2, -0.15) is 0 Å². The Morgan fingerprint density at radius 2 is 1.82 bits per heavy atom. The Balaban J connectivity index is 1.39. The highest BCUT2D eigenvalue weighted by atomic mass is 19.1. The number of rotatable bonds is 6. The third-order valence-corrected chi connectivity index (χ3v) is 7.89. The normalized spacial score (nSPS) is 29.8. The summed E-state index contributed by atoms with van der Waals surface area (Å²) in [6.45, 7) is 1.96. The smallest absolute Gasteiger partial charge is 0.251 e. The molecule has 0 aliphatic heterocycles. The van der Waals surface area contributed by atoms with Gasteiger partial charge < -0.3 is 15.2 Å². The fraction of sp³-hybridized carbons (Fsp3) is 0.481. The molecule has 0 spiro atoms. The van der Waals surface area contributed by atoms with E-state index in [0.29, 0.717) is 45.6 Å². The van der Waals surface area contributed by atoms with Gasteiger partial charge in [-0.05, 0) is 92.2 Å². The number of nitrogens with one attached hydrogen (secondary N) is 1. The van der Waals surface area contributed by atoms with Crippen LogP contribution in [-0.2, 0) is 11.3 Å². The van der Waals surface area contributed by atoms with Crippen LogP contribution in [0.15, 0.2) is 36.4 Å². The second-order valence-corrected chi connectivity index (χ2v) is 10.3. The Bertz CT molecular complexity index is 1100. The zero-order valence-electron chi connectivity index (χ0n) is 19.1. The van der Waals surface area contributed by atoms with E-state index in [-0.39, 0.29) is 24.3 Å². The van der Waals surface area contributed by atoms with Crippen LogP contribution in [0.4, 0.5) is 4.39 Å². The number of amides is 1. The molecule has 2 N–H and O–H groups in total. The molecular formula is C27H30FNO4. The molecule has 1 amide bonds. The summed E-state index contributed by atoms with van der Waals surface area (Å²) in [6, 6.07) is 9.19. The van der Waals surface area contributed by atoms with Gasteiger partial charge in [-0.1, -0.05) is 12.1 Å². The predicted octanol–water partition coefficient (Wildman–Crippen LogP) is 4.18. The van der Waals surface area contributed by atoms with E-state index >= 15 is 0 Å². The molecule has 174 valence electrons. The minimum absolute atomic E-state index is 0.0703. The van der Waals surface area contributed by atoms with E-state index in [9.17, 15) is 19.1 Å². The summed E-state index contributed by atoms with van der Waals surface area (Å²) in [5.41, 5.74) is 1.95. The lowest BCUT2D eigenvalue weighted by atomic mass is 9.52. The summed E-state index contributed by atoms with van der Waals surface area (Å²) in [5, 5.41) is 14.1. The first kappa shape index (κ1) is 22.2. The van der Waals surface area contributed by atoms with Crippen molar-refractivity contribution < 1.29 is 23.8 Å². The van der Waals surface area contributed by atoms with Gasteiger partial charge in [0, 0.05) is 29.8 Å². The van der Waals surface area contributed by atoms with Crippen LogP contribution in [0.2, 0.25) is 0 Å². The Hall–Kier alpha value is -2.57. The maximum atomic E-state index is 13.7. The Kier molecular flexibility index (Phi) is 5.61. The number of aryl methyl sites for hydroxylation is 1. The van der Waals surface area contributed by atoms with Gasteiger partial charge in [-0.3, -0.25) is 9.59 Å². The van der Waals surface area contributed by atoms with Gasteiger partial charge in [0.25, 0.3) is 5.91 Å². The van der Waals surface area contributed by atoms with Gasteiger partial charge in [-0.15, -0.1) is 0 Å². The lowest BCUT2D eigenvalue weighted by Gasteiger charge is -2.58. The molecule has 0 aromatic heterocycles. The fourth-order valence-corrected chi connectivity index (χ4v) is 6.67. The molecule has 0 saturated heterocycles. The fourth-order valence-electron chi connectivity index (χ4n) is 6.67. The maximum Gasteiger partial charge on any atom is 0.251 e. The monoisotopic (exact) mass is 451 g/mol. The number of carbonyl (C=O) groups is 2. The number of aliphatic hydroxyl groups is 1. The van der Waals surface area contributed by atoms with E-state index < -0.39 is 11.4 Å². The highest BCUT2D eigenvalue weighted by Gasteiger charge is 2.55. The van der Waals surface area contributed by atoms with E-state index in [4.69, 9.17) is 4.74 Å². The summed E-state index contributed by atoms with van der Waals surface area (Å²) in [4.78, 5) is 26.3. The lowest BCUT2D eigenvalue weighted by Crippen LogP contribution is -2.61. The second-order valence-electron chi connectivity index (χ2n) is 10.3. The summed E-state index contributed by atoms with van der Waals surface area (Å²) in [5.74, 6) is 0.275. The molecule has 33 heavy (non-hydrogen) atoms. The second kappa shape index (κ2) is 8.33. The number of ketones is 1. The number of hydrogen-bond acceptors (Lipinski definition) is 4. The molecule has 4 aliphatic carbocycles. The molecule has 6 heteroatoms. The minimum Gasteiger partial charge on any atom is -0.390 e. The lowest BCUT2D eigenvalue weighted by molar-refractivity contribution is -0.136. The first-order valence-corrected chi connectivity index (χ1v) is 11.7. The van der Waals surface area contributed by atoms with Crippen molar-refractivity contribution in [1.82, 2.24) is 5.32 Å². The number of carbonyl (C=O) groups excluding carboxylic acids is 2. The van der Waals surface area contributed by atoms with Crippen molar-refractivity contribution in [2.45, 2.75) is 57.3 Å². The van der Waals surface area contributed by atoms with Crippen LogP contribution >= 0.6 is 0 Å². The first-order chi connectivity index (χ1) is 15.8. The van der Waals surface area contributed by atoms with Crippen molar-refractivity contribution in [2.75, 3.05) is 7.11 Å². The molecule has 0 heterocycles. The molecule has 4 aliphatic rings. The van der Waals surface area contributed by atoms with Crippen LogP contribution in [0, 0.1) is 30.5 Å². The van der Waals surface area contributed by atoms with Gasteiger partial charge in [0.05, 0.1) is 12.2 Å². The standard InChI is InChI=1S/C27H30FNO4/c1-15-3-5-21(28)10-23(15)25(30)17-4-6-22(20(9-17)14-33-2)26(31)29-24-18-7-16-8-19(24)13-27(32,11-16)12-18/h3-6,9-10,16,18-19,24,32H,7-8,11-14H2,1-2H3,(H,29,31). The Morgan fingerprint density at radius 1 is 1.09 bits per heavy atom. The number of halogens is 1. The number of hydrogen-bond donors (Lipinski definition) is 2. The summed E-state index contributed by atoms with van der Waals surface area (Å²) >= 11 is 0. The van der Waals surface area contributed by atoms with Crippen molar-refractivity contribution in [2.24, 2.45) is 17.8 Å². The molecular weight excluding hydrogens is 421 g/mol. The van der Waals surface area contributed by atoms with E-state index in [0.717, 1.165) is 32.1 Å². The van der Waals surface area contributed by atoms with Crippen LogP contribution in [0.1, 0.15) is 69.5 Å². The third-order valence-electron chi connectivity index (χ3n) is 7.89. The molecule has 5 nitrogen and oxygen atoms in total. The maximum absolute atomic E-state index is 13.7. The Labute approximate surface area is 193 Å². The van der Waals surface area contributed by atoms with E-state index in [1.54, 1.807) is 38.3 Å². The molecule has 4 saturated carbocycles. The number of ether oxygens (including phenoxy) is 1. The van der Waals surface area contributed by atoms with Gasteiger partial charge in [0.15, 0.2) is 5.78 Å². The van der Waals surface area contributed by atoms with Gasteiger partial charge >= 0.3 is 0 Å². The van der Waals surface area contributed by atoms with Crippen molar-refractivity contribution in [1.29, 1.82) is 0 Å². The predicted molar refractivity (Wildman–Crippen MR) is 121 cm³/mol. The van der Waals surface area contributed by atoms with Gasteiger partial charge in [0.2, 0.25) is 0 Å². The Morgan fingerprint density at radius 3 is 2.48 bits per heavy atom. The highest BCUT2D eigenvalue weighted by molar-refractivity contribution is 6.10. The van der Waals surface area contributed by atoms with Crippen LogP contribution in [0.25, 0.3) is 0 Å². The van der Waals surface area contributed by atoms with Gasteiger partial charge in [-0.25, -0.2) is 4.39 Å². The molecule has 2 unspecified atom stereocenters. The summed E-state index contributed by atoms with van der Waals surface area (Å²) < 4.78 is 19.0. The van der Waals surface area contributed by atoms with Gasteiger partial charge in [0.1, 0.15) is 5.82 Å². The van der Waals surface area contributed by atoms with Crippen LogP contribution in [0.3, 0.4) is 0 Å². The van der Waals surface area contributed by atoms with Crippen molar-refractivity contribution in [3.63, 3.8) is 0 Å². The molecule has 4 fully saturated rings. The average Bonchev–Trinajstić information content (AvgIpc) is 2.76.